The maximum Gasteiger partial charge on any atom is 0.0346 e. The summed E-state index contributed by atoms with van der Waals surface area (Å²) in [5.41, 5.74) is 2.72. The Balaban J connectivity index is 0.00000243. The van der Waals surface area contributed by atoms with E-state index in [-0.39, 0.29) is 7.43 Å². The lowest BCUT2D eigenvalue weighted by atomic mass is 10.1. The smallest absolute Gasteiger partial charge is 0.0346 e. The fraction of sp³-hybridized carbons (Fsp3) is 0.348. The number of fused-ring (bicyclic) bond motifs is 1. The van der Waals surface area contributed by atoms with E-state index < -0.39 is 0 Å². The number of hydrogen-bond donors (Lipinski definition) is 1. The summed E-state index contributed by atoms with van der Waals surface area (Å²) in [5.74, 6) is 0. The topological polar surface area (TPSA) is 28.2 Å². The van der Waals surface area contributed by atoms with Crippen LogP contribution in [0.5, 0.6) is 0 Å². The molecule has 0 bridgehead atoms. The summed E-state index contributed by atoms with van der Waals surface area (Å²) in [7, 11) is 2.20. The Morgan fingerprint density at radius 3 is 2.62 bits per heavy atom. The van der Waals surface area contributed by atoms with Gasteiger partial charge < -0.3 is 10.2 Å². The summed E-state index contributed by atoms with van der Waals surface area (Å²) in [6.45, 7) is 5.28. The minimum absolute atomic E-state index is 0. The van der Waals surface area contributed by atoms with Gasteiger partial charge in [-0.25, -0.2) is 0 Å². The lowest BCUT2D eigenvalue weighted by Crippen LogP contribution is -2.37. The molecule has 0 saturated heterocycles. The van der Waals surface area contributed by atoms with Crippen molar-refractivity contribution in [3.8, 4) is 0 Å². The minimum Gasteiger partial charge on any atom is -0.309 e. The van der Waals surface area contributed by atoms with Gasteiger partial charge in [-0.2, -0.15) is 0 Å². The van der Waals surface area contributed by atoms with Crippen LogP contribution in [0.25, 0.3) is 10.8 Å². The van der Waals surface area contributed by atoms with Crippen molar-refractivity contribution in [2.75, 3.05) is 20.1 Å². The van der Waals surface area contributed by atoms with E-state index in [2.05, 4.69) is 83.8 Å². The summed E-state index contributed by atoms with van der Waals surface area (Å²) in [6.07, 6.45) is 4.86. The predicted molar refractivity (Wildman–Crippen MR) is 112 cm³/mol. The van der Waals surface area contributed by atoms with Crippen molar-refractivity contribution in [1.82, 2.24) is 15.2 Å². The van der Waals surface area contributed by atoms with E-state index in [9.17, 15) is 0 Å². The summed E-state index contributed by atoms with van der Waals surface area (Å²) in [6, 6.07) is 19.8. The first kappa shape index (κ1) is 20.1. The molecule has 0 aliphatic rings. The van der Waals surface area contributed by atoms with Crippen LogP contribution in [0, 0.1) is 0 Å². The highest BCUT2D eigenvalue weighted by molar-refractivity contribution is 5.81. The molecule has 3 heteroatoms. The van der Waals surface area contributed by atoms with Crippen molar-refractivity contribution < 1.29 is 0 Å². The quantitative estimate of drug-likeness (QED) is 0.648. The van der Waals surface area contributed by atoms with E-state index in [1.54, 1.807) is 0 Å². The number of pyridine rings is 1. The highest BCUT2D eigenvalue weighted by atomic mass is 15.1. The van der Waals surface area contributed by atoms with Gasteiger partial charge >= 0.3 is 0 Å². The van der Waals surface area contributed by atoms with Crippen LogP contribution < -0.4 is 5.32 Å². The molecular weight excluding hydrogens is 318 g/mol. The molecule has 1 atom stereocenters. The molecule has 26 heavy (non-hydrogen) atoms. The normalized spacial score (nSPS) is 12.1. The van der Waals surface area contributed by atoms with Gasteiger partial charge in [0.25, 0.3) is 0 Å². The molecule has 0 aliphatic carbocycles. The zero-order valence-electron chi connectivity index (χ0n) is 15.2. The summed E-state index contributed by atoms with van der Waals surface area (Å²) in [4.78, 5) is 6.57. The van der Waals surface area contributed by atoms with Crippen LogP contribution in [0.1, 0.15) is 25.5 Å². The summed E-state index contributed by atoms with van der Waals surface area (Å²) in [5, 5.41) is 6.08. The van der Waals surface area contributed by atoms with Gasteiger partial charge in [-0.1, -0.05) is 49.9 Å². The number of nitrogens with one attached hydrogen (secondary N) is 1. The van der Waals surface area contributed by atoms with Gasteiger partial charge in [0.05, 0.1) is 0 Å². The third kappa shape index (κ3) is 5.94. The molecule has 0 fully saturated rings. The molecule has 0 spiro atoms. The maximum atomic E-state index is 4.17. The lowest BCUT2D eigenvalue weighted by Gasteiger charge is -2.22. The van der Waals surface area contributed by atoms with E-state index in [0.29, 0.717) is 6.04 Å². The third-order valence-electron chi connectivity index (χ3n) is 4.57. The average Bonchev–Trinajstić information content (AvgIpc) is 2.65. The highest BCUT2D eigenvalue weighted by Crippen LogP contribution is 2.14. The molecule has 1 heterocycles. The maximum absolute atomic E-state index is 4.17. The number of nitrogens with zero attached hydrogens (tertiary/aromatic N) is 2. The van der Waals surface area contributed by atoms with Gasteiger partial charge in [0.15, 0.2) is 0 Å². The molecule has 0 saturated carbocycles. The number of aromatic nitrogens is 1. The van der Waals surface area contributed by atoms with E-state index in [1.807, 2.05) is 12.4 Å². The van der Waals surface area contributed by atoms with E-state index in [4.69, 9.17) is 0 Å². The zero-order chi connectivity index (χ0) is 17.5. The molecular formula is C23H31N3. The summed E-state index contributed by atoms with van der Waals surface area (Å²) < 4.78 is 0. The monoisotopic (exact) mass is 349 g/mol. The zero-order valence-corrected chi connectivity index (χ0v) is 15.2. The Bertz CT molecular complexity index is 786. The van der Waals surface area contributed by atoms with Crippen LogP contribution in [-0.2, 0) is 13.0 Å². The van der Waals surface area contributed by atoms with Crippen molar-refractivity contribution in [2.24, 2.45) is 0 Å². The standard InChI is InChI=1S/C22H27N3.CH4/c1-18(17-25(2)13-11-19-6-4-3-5-7-19)24-15-20-8-9-22-16-23-12-10-21(22)14-20;/h3-10,12,14,16,18,24H,11,13,15,17H2,1-2H3;1H4/t18-;/m1./s1. The highest BCUT2D eigenvalue weighted by Gasteiger charge is 2.06. The second-order valence-electron chi connectivity index (χ2n) is 6.84. The molecule has 1 N–H and O–H groups in total. The van der Waals surface area contributed by atoms with Crippen molar-refractivity contribution in [1.29, 1.82) is 0 Å². The van der Waals surface area contributed by atoms with Crippen LogP contribution in [0.4, 0.5) is 0 Å². The van der Waals surface area contributed by atoms with Gasteiger partial charge in [0.2, 0.25) is 0 Å². The number of rotatable bonds is 8. The Morgan fingerprint density at radius 1 is 1.00 bits per heavy atom. The van der Waals surface area contributed by atoms with E-state index in [1.165, 1.54) is 21.9 Å². The van der Waals surface area contributed by atoms with Gasteiger partial charge in [0.1, 0.15) is 0 Å². The van der Waals surface area contributed by atoms with Crippen molar-refractivity contribution in [3.63, 3.8) is 0 Å². The predicted octanol–water partition coefficient (Wildman–Crippen LogP) is 4.52. The van der Waals surface area contributed by atoms with Crippen LogP contribution in [-0.4, -0.2) is 36.1 Å². The molecule has 0 amide bonds. The first-order valence-corrected chi connectivity index (χ1v) is 8.99. The second-order valence-corrected chi connectivity index (χ2v) is 6.84. The van der Waals surface area contributed by atoms with Crippen LogP contribution in [0.15, 0.2) is 67.0 Å². The molecule has 3 rings (SSSR count). The van der Waals surface area contributed by atoms with Crippen LogP contribution in [0.3, 0.4) is 0 Å². The molecule has 3 nitrogen and oxygen atoms in total. The molecule has 0 radical (unpaired) electrons. The Labute approximate surface area is 158 Å². The number of likely N-dealkylation sites (N-methyl/N-ethyl adjacent to an activating group) is 1. The molecule has 138 valence electrons. The first-order valence-electron chi connectivity index (χ1n) is 8.99. The van der Waals surface area contributed by atoms with Crippen molar-refractivity contribution >= 4 is 10.8 Å². The van der Waals surface area contributed by atoms with Gasteiger partial charge in [-0.15, -0.1) is 0 Å². The molecule has 3 aromatic rings. The van der Waals surface area contributed by atoms with E-state index in [0.717, 1.165) is 26.1 Å². The first-order chi connectivity index (χ1) is 12.2. The number of benzene rings is 2. The number of hydrogen-bond acceptors (Lipinski definition) is 3. The molecule has 0 aliphatic heterocycles. The Hall–Kier alpha value is -2.23. The Kier molecular flexibility index (Phi) is 7.76. The van der Waals surface area contributed by atoms with Crippen LogP contribution >= 0.6 is 0 Å². The Morgan fingerprint density at radius 2 is 1.81 bits per heavy atom. The fourth-order valence-corrected chi connectivity index (χ4v) is 3.12. The van der Waals surface area contributed by atoms with Crippen molar-refractivity contribution in [2.45, 2.75) is 33.4 Å². The lowest BCUT2D eigenvalue weighted by molar-refractivity contribution is 0.299. The van der Waals surface area contributed by atoms with E-state index >= 15 is 0 Å². The largest absolute Gasteiger partial charge is 0.309 e. The second kappa shape index (κ2) is 10.0. The third-order valence-corrected chi connectivity index (χ3v) is 4.57. The molecule has 0 unspecified atom stereocenters. The van der Waals surface area contributed by atoms with Gasteiger partial charge in [-0.3, -0.25) is 4.98 Å². The van der Waals surface area contributed by atoms with Crippen LogP contribution in [0.2, 0.25) is 0 Å². The summed E-state index contributed by atoms with van der Waals surface area (Å²) >= 11 is 0. The minimum atomic E-state index is 0. The molecule has 2 aromatic carbocycles. The SMILES string of the molecule is C.C[C@H](CN(C)CCc1ccccc1)NCc1ccc2cnccc2c1. The van der Waals surface area contributed by atoms with Gasteiger partial charge in [-0.05, 0) is 49.0 Å². The molecule has 1 aromatic heterocycles. The van der Waals surface area contributed by atoms with Crippen molar-refractivity contribution in [3.05, 3.63) is 78.1 Å². The fourth-order valence-electron chi connectivity index (χ4n) is 3.12. The average molecular weight is 350 g/mol. The van der Waals surface area contributed by atoms with Gasteiger partial charge in [0, 0.05) is 43.5 Å².